The molecule has 0 aromatic carbocycles. The topological polar surface area (TPSA) is 59.1 Å². The highest BCUT2D eigenvalue weighted by Gasteiger charge is 2.26. The number of aromatic nitrogens is 1. The van der Waals surface area contributed by atoms with E-state index in [4.69, 9.17) is 0 Å². The Kier molecular flexibility index (Phi) is 4.73. The molecule has 2 atom stereocenters. The molecular weight excluding hydrogens is 280 g/mol. The maximum Gasteiger partial charge on any atom is 0.179 e. The molecule has 2 rings (SSSR count). The second-order valence-corrected chi connectivity index (χ2v) is 7.99. The van der Waals surface area contributed by atoms with Crippen molar-refractivity contribution < 1.29 is 8.42 Å². The van der Waals surface area contributed by atoms with Gasteiger partial charge in [-0.1, -0.05) is 12.8 Å². The van der Waals surface area contributed by atoms with Crippen LogP contribution < -0.4 is 5.32 Å². The second kappa shape index (κ2) is 6.13. The predicted octanol–water partition coefficient (Wildman–Crippen LogP) is 2.57. The van der Waals surface area contributed by atoms with Crippen LogP contribution in [0.1, 0.15) is 25.7 Å². The number of nitrogens with one attached hydrogen (secondary N) is 1. The molecule has 1 N–H and O–H groups in total. The Bertz CT molecular complexity index is 531. The molecule has 106 valence electrons. The quantitative estimate of drug-likeness (QED) is 0.926. The highest BCUT2D eigenvalue weighted by molar-refractivity contribution is 7.99. The molecule has 1 aromatic heterocycles. The molecule has 1 fully saturated rings. The minimum atomic E-state index is -3.24. The number of anilines is 1. The lowest BCUT2D eigenvalue weighted by Crippen LogP contribution is -2.35. The maximum atomic E-state index is 11.8. The molecule has 0 bridgehead atoms. The highest BCUT2D eigenvalue weighted by Crippen LogP contribution is 2.30. The average molecular weight is 300 g/mol. The first-order valence-electron chi connectivity index (χ1n) is 6.47. The average Bonchev–Trinajstić information content (AvgIpc) is 2.39. The predicted molar refractivity (Wildman–Crippen MR) is 80.5 cm³/mol. The standard InChI is InChI=1S/C13H20N2O2S2/c1-18-11-7-4-3-6-10(11)15-13-12(19(2,16)17)8-5-9-14-13/h5,8-11H,3-4,6-7H2,1-2H3,(H,14,15). The van der Waals surface area contributed by atoms with Gasteiger partial charge in [0.1, 0.15) is 10.7 Å². The zero-order valence-corrected chi connectivity index (χ0v) is 12.9. The van der Waals surface area contributed by atoms with E-state index in [1.807, 2.05) is 11.8 Å². The summed E-state index contributed by atoms with van der Waals surface area (Å²) in [6.07, 6.45) is 9.67. The largest absolute Gasteiger partial charge is 0.365 e. The second-order valence-electron chi connectivity index (χ2n) is 4.93. The van der Waals surface area contributed by atoms with Crippen LogP contribution in [-0.4, -0.2) is 37.2 Å². The molecule has 0 amide bonds. The minimum Gasteiger partial charge on any atom is -0.365 e. The summed E-state index contributed by atoms with van der Waals surface area (Å²) < 4.78 is 23.5. The van der Waals surface area contributed by atoms with Crippen molar-refractivity contribution >= 4 is 27.4 Å². The number of sulfone groups is 1. The van der Waals surface area contributed by atoms with Crippen molar-refractivity contribution in [1.29, 1.82) is 0 Å². The molecular formula is C13H20N2O2S2. The van der Waals surface area contributed by atoms with E-state index in [1.54, 1.807) is 18.3 Å². The van der Waals surface area contributed by atoms with Crippen molar-refractivity contribution in [1.82, 2.24) is 4.98 Å². The summed E-state index contributed by atoms with van der Waals surface area (Å²) in [5.41, 5.74) is 0. The van der Waals surface area contributed by atoms with Crippen molar-refractivity contribution in [2.24, 2.45) is 0 Å². The van der Waals surface area contributed by atoms with Gasteiger partial charge >= 0.3 is 0 Å². The summed E-state index contributed by atoms with van der Waals surface area (Å²) in [7, 11) is -3.24. The fourth-order valence-corrected chi connectivity index (χ4v) is 4.24. The van der Waals surface area contributed by atoms with Crippen LogP contribution in [0.4, 0.5) is 5.82 Å². The van der Waals surface area contributed by atoms with E-state index in [9.17, 15) is 8.42 Å². The van der Waals surface area contributed by atoms with Crippen LogP contribution in [0.15, 0.2) is 23.2 Å². The van der Waals surface area contributed by atoms with Gasteiger partial charge in [-0.15, -0.1) is 0 Å². The van der Waals surface area contributed by atoms with E-state index >= 15 is 0 Å². The summed E-state index contributed by atoms with van der Waals surface area (Å²) in [4.78, 5) is 4.50. The smallest absolute Gasteiger partial charge is 0.179 e. The molecule has 1 aliphatic carbocycles. The van der Waals surface area contributed by atoms with Crippen LogP contribution in [0.25, 0.3) is 0 Å². The number of rotatable bonds is 4. The van der Waals surface area contributed by atoms with Crippen LogP contribution in [-0.2, 0) is 9.84 Å². The zero-order valence-electron chi connectivity index (χ0n) is 11.3. The van der Waals surface area contributed by atoms with Gasteiger partial charge < -0.3 is 5.32 Å². The first-order valence-corrected chi connectivity index (χ1v) is 9.64. The summed E-state index contributed by atoms with van der Waals surface area (Å²) in [6, 6.07) is 3.58. The lowest BCUT2D eigenvalue weighted by Gasteiger charge is -2.31. The van der Waals surface area contributed by atoms with Crippen LogP contribution in [0.2, 0.25) is 0 Å². The molecule has 2 unspecified atom stereocenters. The molecule has 0 aliphatic heterocycles. The molecule has 0 spiro atoms. The Balaban J connectivity index is 2.23. The van der Waals surface area contributed by atoms with E-state index in [-0.39, 0.29) is 0 Å². The van der Waals surface area contributed by atoms with Crippen LogP contribution in [0.5, 0.6) is 0 Å². The Morgan fingerprint density at radius 3 is 2.79 bits per heavy atom. The van der Waals surface area contributed by atoms with Crippen molar-refractivity contribution in [3.8, 4) is 0 Å². The highest BCUT2D eigenvalue weighted by atomic mass is 32.2. The number of pyridine rings is 1. The van der Waals surface area contributed by atoms with E-state index in [2.05, 4.69) is 16.6 Å². The fraction of sp³-hybridized carbons (Fsp3) is 0.615. The maximum absolute atomic E-state index is 11.8. The first kappa shape index (κ1) is 14.7. The molecule has 0 radical (unpaired) electrons. The van der Waals surface area contributed by atoms with Gasteiger partial charge in [-0.25, -0.2) is 13.4 Å². The summed E-state index contributed by atoms with van der Waals surface area (Å²) in [5.74, 6) is 0.496. The lowest BCUT2D eigenvalue weighted by molar-refractivity contribution is 0.473. The van der Waals surface area contributed by atoms with Crippen LogP contribution in [0.3, 0.4) is 0 Å². The molecule has 1 aromatic rings. The first-order chi connectivity index (χ1) is 9.02. The number of hydrogen-bond donors (Lipinski definition) is 1. The monoisotopic (exact) mass is 300 g/mol. The van der Waals surface area contributed by atoms with Crippen LogP contribution >= 0.6 is 11.8 Å². The summed E-state index contributed by atoms with van der Waals surface area (Å²) >= 11 is 1.85. The van der Waals surface area contributed by atoms with Crippen molar-refractivity contribution in [2.45, 2.75) is 41.9 Å². The lowest BCUT2D eigenvalue weighted by atomic mass is 9.95. The van der Waals surface area contributed by atoms with Crippen LogP contribution in [0, 0.1) is 0 Å². The number of nitrogens with zero attached hydrogens (tertiary/aromatic N) is 1. The normalized spacial score (nSPS) is 24.1. The van der Waals surface area contributed by atoms with Gasteiger partial charge in [0, 0.05) is 23.7 Å². The SMILES string of the molecule is CSC1CCCCC1Nc1ncccc1S(C)(=O)=O. The van der Waals surface area contributed by atoms with Crippen molar-refractivity contribution in [3.63, 3.8) is 0 Å². The van der Waals surface area contributed by atoms with E-state index in [1.165, 1.54) is 25.5 Å². The third-order valence-electron chi connectivity index (χ3n) is 3.50. The van der Waals surface area contributed by atoms with E-state index in [0.29, 0.717) is 22.0 Å². The van der Waals surface area contributed by atoms with Gasteiger partial charge in [-0.2, -0.15) is 11.8 Å². The number of thioether (sulfide) groups is 1. The molecule has 1 saturated carbocycles. The molecule has 0 saturated heterocycles. The van der Waals surface area contributed by atoms with Gasteiger partial charge in [0.15, 0.2) is 9.84 Å². The zero-order chi connectivity index (χ0) is 13.9. The minimum absolute atomic E-state index is 0.292. The fourth-order valence-electron chi connectivity index (χ4n) is 2.52. The van der Waals surface area contributed by atoms with Gasteiger partial charge in [-0.3, -0.25) is 0 Å². The Morgan fingerprint density at radius 1 is 1.37 bits per heavy atom. The number of hydrogen-bond acceptors (Lipinski definition) is 5. The third-order valence-corrected chi connectivity index (χ3v) is 5.80. The van der Waals surface area contributed by atoms with Gasteiger partial charge in [-0.05, 0) is 31.2 Å². The van der Waals surface area contributed by atoms with E-state index < -0.39 is 9.84 Å². The molecule has 19 heavy (non-hydrogen) atoms. The summed E-state index contributed by atoms with van der Waals surface area (Å²) in [5, 5.41) is 3.88. The van der Waals surface area contributed by atoms with Gasteiger partial charge in [0.05, 0.1) is 0 Å². The summed E-state index contributed by atoms with van der Waals surface area (Å²) in [6.45, 7) is 0. The van der Waals surface area contributed by atoms with Crippen molar-refractivity contribution in [3.05, 3.63) is 18.3 Å². The molecule has 6 heteroatoms. The Hall–Kier alpha value is -0.750. The third kappa shape index (κ3) is 3.63. The van der Waals surface area contributed by atoms with E-state index in [0.717, 1.165) is 6.42 Å². The van der Waals surface area contributed by atoms with Crippen molar-refractivity contribution in [2.75, 3.05) is 17.8 Å². The molecule has 4 nitrogen and oxygen atoms in total. The van der Waals surface area contributed by atoms with Gasteiger partial charge in [0.25, 0.3) is 0 Å². The Labute approximate surface area is 119 Å². The molecule has 1 aliphatic rings. The Morgan fingerprint density at radius 2 is 2.11 bits per heavy atom. The van der Waals surface area contributed by atoms with Gasteiger partial charge in [0.2, 0.25) is 0 Å². The molecule has 1 heterocycles.